The largest absolute Gasteiger partial charge is 0.273 e. The predicted octanol–water partition coefficient (Wildman–Crippen LogP) is 3.33. The van der Waals surface area contributed by atoms with E-state index >= 15 is 0 Å². The van der Waals surface area contributed by atoms with Crippen molar-refractivity contribution in [3.8, 4) is 0 Å². The van der Waals surface area contributed by atoms with E-state index in [9.17, 15) is 8.78 Å². The molecule has 0 heterocycles. The normalized spacial score (nSPS) is 19.2. The second kappa shape index (κ2) is 2.65. The van der Waals surface area contributed by atoms with Crippen molar-refractivity contribution < 1.29 is 8.78 Å². The summed E-state index contributed by atoms with van der Waals surface area (Å²) in [6.07, 6.45) is 0.490. The zero-order valence-corrected chi connectivity index (χ0v) is 8.44. The standard InChI is InChI=1S/C9H7F2I/c10-9(11)5-4-6-7(9)2-1-3-8(6)12/h1-3H,4-5H2. The van der Waals surface area contributed by atoms with Gasteiger partial charge in [0.25, 0.3) is 5.92 Å². The molecule has 0 amide bonds. The second-order valence-electron chi connectivity index (χ2n) is 2.97. The van der Waals surface area contributed by atoms with Crippen LogP contribution < -0.4 is 0 Å². The average Bonchev–Trinajstić information content (AvgIpc) is 2.30. The first-order valence-corrected chi connectivity index (χ1v) is 4.85. The Kier molecular flexibility index (Phi) is 1.86. The maximum atomic E-state index is 13.1. The minimum absolute atomic E-state index is 0.0254. The highest BCUT2D eigenvalue weighted by Crippen LogP contribution is 2.42. The molecule has 64 valence electrons. The van der Waals surface area contributed by atoms with Crippen LogP contribution in [0.25, 0.3) is 0 Å². The van der Waals surface area contributed by atoms with E-state index in [1.54, 1.807) is 6.07 Å². The molecule has 0 unspecified atom stereocenters. The lowest BCUT2D eigenvalue weighted by molar-refractivity contribution is -0.00184. The zero-order chi connectivity index (χ0) is 8.77. The van der Waals surface area contributed by atoms with Gasteiger partial charge in [0.15, 0.2) is 0 Å². The van der Waals surface area contributed by atoms with E-state index in [1.807, 2.05) is 6.07 Å². The van der Waals surface area contributed by atoms with Crippen molar-refractivity contribution in [1.82, 2.24) is 0 Å². The van der Waals surface area contributed by atoms with E-state index in [4.69, 9.17) is 0 Å². The number of benzene rings is 1. The molecule has 0 radical (unpaired) electrons. The third kappa shape index (κ3) is 1.14. The van der Waals surface area contributed by atoms with Crippen LogP contribution in [0, 0.1) is 3.57 Å². The molecule has 2 rings (SSSR count). The first-order chi connectivity index (χ1) is 5.61. The molecule has 0 saturated carbocycles. The predicted molar refractivity (Wildman–Crippen MR) is 51.4 cm³/mol. The molecule has 1 aliphatic carbocycles. The quantitative estimate of drug-likeness (QED) is 0.639. The molecule has 0 spiro atoms. The van der Waals surface area contributed by atoms with Crippen LogP contribution in [0.5, 0.6) is 0 Å². The molecule has 0 atom stereocenters. The zero-order valence-electron chi connectivity index (χ0n) is 6.28. The monoisotopic (exact) mass is 280 g/mol. The number of halogens is 3. The van der Waals surface area contributed by atoms with Gasteiger partial charge in [-0.1, -0.05) is 12.1 Å². The highest BCUT2D eigenvalue weighted by atomic mass is 127. The molecular formula is C9H7F2I. The fourth-order valence-corrected chi connectivity index (χ4v) is 2.34. The van der Waals surface area contributed by atoms with E-state index in [2.05, 4.69) is 22.6 Å². The van der Waals surface area contributed by atoms with Gasteiger partial charge in [-0.25, -0.2) is 8.78 Å². The van der Waals surface area contributed by atoms with Gasteiger partial charge < -0.3 is 0 Å². The molecular weight excluding hydrogens is 273 g/mol. The summed E-state index contributed by atoms with van der Waals surface area (Å²) in [4.78, 5) is 0. The smallest absolute Gasteiger partial charge is 0.201 e. The van der Waals surface area contributed by atoms with E-state index in [0.29, 0.717) is 6.42 Å². The van der Waals surface area contributed by atoms with Crippen molar-refractivity contribution in [3.63, 3.8) is 0 Å². The number of hydrogen-bond acceptors (Lipinski definition) is 0. The summed E-state index contributed by atoms with van der Waals surface area (Å²) in [5, 5.41) is 0. The summed E-state index contributed by atoms with van der Waals surface area (Å²) in [6, 6.07) is 5.10. The summed E-state index contributed by atoms with van der Waals surface area (Å²) < 4.78 is 27.2. The number of rotatable bonds is 0. The Hall–Kier alpha value is -0.190. The molecule has 0 aliphatic heterocycles. The average molecular weight is 280 g/mol. The molecule has 1 aromatic carbocycles. The van der Waals surface area contributed by atoms with Gasteiger partial charge in [-0.3, -0.25) is 0 Å². The van der Waals surface area contributed by atoms with E-state index < -0.39 is 5.92 Å². The SMILES string of the molecule is FC1(F)CCc2c(I)cccc21. The van der Waals surface area contributed by atoms with Crippen LogP contribution in [0.3, 0.4) is 0 Å². The molecule has 0 saturated heterocycles. The van der Waals surface area contributed by atoms with Crippen molar-refractivity contribution in [2.45, 2.75) is 18.8 Å². The summed E-state index contributed by atoms with van der Waals surface area (Å²) in [6.45, 7) is 0. The molecule has 12 heavy (non-hydrogen) atoms. The van der Waals surface area contributed by atoms with E-state index in [-0.39, 0.29) is 12.0 Å². The van der Waals surface area contributed by atoms with Crippen LogP contribution in [0.1, 0.15) is 17.5 Å². The fourth-order valence-electron chi connectivity index (χ4n) is 1.57. The molecule has 0 aromatic heterocycles. The maximum Gasteiger partial charge on any atom is 0.273 e. The minimum Gasteiger partial charge on any atom is -0.201 e. The molecule has 3 heteroatoms. The van der Waals surface area contributed by atoms with Crippen LogP contribution in [-0.2, 0) is 12.3 Å². The third-order valence-corrected chi connectivity index (χ3v) is 3.21. The van der Waals surface area contributed by atoms with Crippen LogP contribution in [-0.4, -0.2) is 0 Å². The Bertz CT molecular complexity index is 320. The highest BCUT2D eigenvalue weighted by molar-refractivity contribution is 14.1. The Morgan fingerprint density at radius 3 is 2.75 bits per heavy atom. The van der Waals surface area contributed by atoms with Crippen molar-refractivity contribution in [2.24, 2.45) is 0 Å². The Labute approximate surface area is 83.1 Å². The molecule has 1 aromatic rings. The molecule has 0 nitrogen and oxygen atoms in total. The van der Waals surface area contributed by atoms with Gasteiger partial charge in [0, 0.05) is 15.6 Å². The number of hydrogen-bond donors (Lipinski definition) is 0. The lowest BCUT2D eigenvalue weighted by Crippen LogP contribution is -2.07. The summed E-state index contributed by atoms with van der Waals surface area (Å²) in [7, 11) is 0. The minimum atomic E-state index is -2.59. The van der Waals surface area contributed by atoms with Crippen molar-refractivity contribution in [2.75, 3.05) is 0 Å². The van der Waals surface area contributed by atoms with Crippen LogP contribution in [0.2, 0.25) is 0 Å². The Balaban J connectivity index is 2.61. The van der Waals surface area contributed by atoms with Crippen LogP contribution in [0.4, 0.5) is 8.78 Å². The van der Waals surface area contributed by atoms with Gasteiger partial charge in [-0.2, -0.15) is 0 Å². The number of alkyl halides is 2. The van der Waals surface area contributed by atoms with E-state index in [0.717, 1.165) is 9.13 Å². The highest BCUT2D eigenvalue weighted by Gasteiger charge is 2.39. The molecule has 0 fully saturated rings. The topological polar surface area (TPSA) is 0 Å². The Morgan fingerprint density at radius 1 is 1.33 bits per heavy atom. The maximum absolute atomic E-state index is 13.1. The van der Waals surface area contributed by atoms with Gasteiger partial charge in [-0.15, -0.1) is 0 Å². The first-order valence-electron chi connectivity index (χ1n) is 3.77. The van der Waals surface area contributed by atoms with E-state index in [1.165, 1.54) is 6.07 Å². The fraction of sp³-hybridized carbons (Fsp3) is 0.333. The van der Waals surface area contributed by atoms with Crippen LogP contribution in [0.15, 0.2) is 18.2 Å². The summed E-state index contributed by atoms with van der Waals surface area (Å²) in [5.74, 6) is -2.59. The van der Waals surface area contributed by atoms with Crippen molar-refractivity contribution in [3.05, 3.63) is 32.9 Å². The van der Waals surface area contributed by atoms with Gasteiger partial charge in [-0.05, 0) is 40.6 Å². The number of fused-ring (bicyclic) bond motifs is 1. The van der Waals surface area contributed by atoms with Crippen molar-refractivity contribution >= 4 is 22.6 Å². The molecule has 0 N–H and O–H groups in total. The van der Waals surface area contributed by atoms with Crippen LogP contribution >= 0.6 is 22.6 Å². The van der Waals surface area contributed by atoms with Gasteiger partial charge >= 0.3 is 0 Å². The summed E-state index contributed by atoms with van der Waals surface area (Å²) >= 11 is 2.11. The second-order valence-corrected chi connectivity index (χ2v) is 4.13. The van der Waals surface area contributed by atoms with Gasteiger partial charge in [0.2, 0.25) is 0 Å². The third-order valence-electron chi connectivity index (χ3n) is 2.20. The van der Waals surface area contributed by atoms with Gasteiger partial charge in [0.1, 0.15) is 0 Å². The summed E-state index contributed by atoms with van der Waals surface area (Å²) in [5.41, 5.74) is 1.07. The van der Waals surface area contributed by atoms with Crippen molar-refractivity contribution in [1.29, 1.82) is 0 Å². The Morgan fingerprint density at radius 2 is 2.08 bits per heavy atom. The lowest BCUT2D eigenvalue weighted by atomic mass is 10.1. The molecule has 1 aliphatic rings. The first kappa shape index (κ1) is 8.41. The molecule has 0 bridgehead atoms. The lowest BCUT2D eigenvalue weighted by Gasteiger charge is -2.09. The van der Waals surface area contributed by atoms with Gasteiger partial charge in [0.05, 0.1) is 0 Å².